The van der Waals surface area contributed by atoms with Crippen molar-refractivity contribution in [1.29, 1.82) is 0 Å². The fourth-order valence-electron chi connectivity index (χ4n) is 2.24. The summed E-state index contributed by atoms with van der Waals surface area (Å²) >= 11 is 0. The predicted octanol–water partition coefficient (Wildman–Crippen LogP) is 1.66. The van der Waals surface area contributed by atoms with Gasteiger partial charge >= 0.3 is 0 Å². The van der Waals surface area contributed by atoms with E-state index >= 15 is 0 Å². The highest BCUT2D eigenvalue weighted by molar-refractivity contribution is 5.95. The SMILES string of the molecule is COc1ccccc1N1CC(C)CNCCC1=O. The fourth-order valence-corrected chi connectivity index (χ4v) is 2.24. The second-order valence-corrected chi connectivity index (χ2v) is 4.74. The molecule has 1 aliphatic rings. The summed E-state index contributed by atoms with van der Waals surface area (Å²) in [5, 5.41) is 3.29. The van der Waals surface area contributed by atoms with Crippen LogP contribution in [0.2, 0.25) is 0 Å². The van der Waals surface area contributed by atoms with Crippen molar-refractivity contribution in [3.05, 3.63) is 24.3 Å². The van der Waals surface area contributed by atoms with Crippen LogP contribution >= 0.6 is 0 Å². The van der Waals surface area contributed by atoms with Gasteiger partial charge in [-0.1, -0.05) is 19.1 Å². The van der Waals surface area contributed by atoms with Crippen LogP contribution in [0.4, 0.5) is 5.69 Å². The van der Waals surface area contributed by atoms with Crippen molar-refractivity contribution >= 4 is 11.6 Å². The van der Waals surface area contributed by atoms with Gasteiger partial charge in [-0.25, -0.2) is 0 Å². The number of amides is 1. The Kier molecular flexibility index (Phi) is 4.20. The van der Waals surface area contributed by atoms with E-state index in [2.05, 4.69) is 12.2 Å². The van der Waals surface area contributed by atoms with E-state index in [1.165, 1.54) is 0 Å². The molecule has 1 aliphatic heterocycles. The minimum Gasteiger partial charge on any atom is -0.495 e. The lowest BCUT2D eigenvalue weighted by Gasteiger charge is -2.29. The smallest absolute Gasteiger partial charge is 0.228 e. The zero-order chi connectivity index (χ0) is 13.0. The van der Waals surface area contributed by atoms with Crippen LogP contribution in [0.15, 0.2) is 24.3 Å². The Morgan fingerprint density at radius 3 is 2.94 bits per heavy atom. The Balaban J connectivity index is 2.29. The van der Waals surface area contributed by atoms with Crippen molar-refractivity contribution in [2.75, 3.05) is 31.6 Å². The number of benzene rings is 1. The molecule has 1 aromatic carbocycles. The van der Waals surface area contributed by atoms with Crippen molar-refractivity contribution < 1.29 is 9.53 Å². The molecule has 1 heterocycles. The molecule has 18 heavy (non-hydrogen) atoms. The lowest BCUT2D eigenvalue weighted by atomic mass is 10.1. The lowest BCUT2D eigenvalue weighted by molar-refractivity contribution is -0.118. The number of hydrogen-bond acceptors (Lipinski definition) is 3. The minimum absolute atomic E-state index is 0.151. The maximum absolute atomic E-state index is 12.2. The molecule has 98 valence electrons. The number of nitrogens with zero attached hydrogens (tertiary/aromatic N) is 1. The number of para-hydroxylation sites is 2. The van der Waals surface area contributed by atoms with Crippen LogP contribution < -0.4 is 15.0 Å². The number of rotatable bonds is 2. The van der Waals surface area contributed by atoms with Crippen LogP contribution in [-0.2, 0) is 4.79 Å². The van der Waals surface area contributed by atoms with Crippen LogP contribution in [0.1, 0.15) is 13.3 Å². The number of ether oxygens (including phenoxy) is 1. The van der Waals surface area contributed by atoms with Crippen LogP contribution in [0.3, 0.4) is 0 Å². The second-order valence-electron chi connectivity index (χ2n) is 4.74. The zero-order valence-corrected chi connectivity index (χ0v) is 11.0. The van der Waals surface area contributed by atoms with Crippen LogP contribution in [0.25, 0.3) is 0 Å². The molecule has 1 amide bonds. The van der Waals surface area contributed by atoms with E-state index in [1.807, 2.05) is 29.2 Å². The summed E-state index contributed by atoms with van der Waals surface area (Å²) in [5.74, 6) is 1.34. The third-order valence-electron chi connectivity index (χ3n) is 3.18. The normalized spacial score (nSPS) is 21.3. The van der Waals surface area contributed by atoms with Gasteiger partial charge in [0, 0.05) is 19.5 Å². The van der Waals surface area contributed by atoms with Gasteiger partial charge in [0.05, 0.1) is 12.8 Å². The van der Waals surface area contributed by atoms with Crippen LogP contribution in [0.5, 0.6) is 5.75 Å². The Morgan fingerprint density at radius 2 is 2.17 bits per heavy atom. The summed E-state index contributed by atoms with van der Waals surface area (Å²) in [4.78, 5) is 14.1. The average Bonchev–Trinajstić information content (AvgIpc) is 2.39. The molecule has 1 saturated heterocycles. The van der Waals surface area contributed by atoms with Crippen molar-refractivity contribution in [2.24, 2.45) is 5.92 Å². The molecule has 2 rings (SSSR count). The molecular formula is C14H20N2O2. The molecule has 0 aliphatic carbocycles. The summed E-state index contributed by atoms with van der Waals surface area (Å²) in [5.41, 5.74) is 0.874. The Hall–Kier alpha value is -1.55. The second kappa shape index (κ2) is 5.87. The van der Waals surface area contributed by atoms with Crippen molar-refractivity contribution in [3.8, 4) is 5.75 Å². The molecule has 1 atom stereocenters. The molecule has 4 nitrogen and oxygen atoms in total. The number of nitrogens with one attached hydrogen (secondary N) is 1. The van der Waals surface area contributed by atoms with Gasteiger partial charge in [-0.2, -0.15) is 0 Å². The van der Waals surface area contributed by atoms with E-state index in [9.17, 15) is 4.79 Å². The molecule has 1 unspecified atom stereocenters. The van der Waals surface area contributed by atoms with Gasteiger partial charge in [0.1, 0.15) is 5.75 Å². The van der Waals surface area contributed by atoms with Gasteiger partial charge in [-0.15, -0.1) is 0 Å². The molecular weight excluding hydrogens is 228 g/mol. The topological polar surface area (TPSA) is 41.6 Å². The highest BCUT2D eigenvalue weighted by Gasteiger charge is 2.22. The first-order valence-corrected chi connectivity index (χ1v) is 6.36. The summed E-state index contributed by atoms with van der Waals surface area (Å²) in [6, 6.07) is 7.69. The molecule has 1 fully saturated rings. The van der Waals surface area contributed by atoms with Crippen LogP contribution in [0, 0.1) is 5.92 Å². The largest absolute Gasteiger partial charge is 0.495 e. The van der Waals surface area contributed by atoms with Gasteiger partial charge in [0.25, 0.3) is 0 Å². The zero-order valence-electron chi connectivity index (χ0n) is 11.0. The number of methoxy groups -OCH3 is 1. The third kappa shape index (κ3) is 2.82. The molecule has 0 aromatic heterocycles. The number of carbonyl (C=O) groups is 1. The molecule has 0 radical (unpaired) electrons. The monoisotopic (exact) mass is 248 g/mol. The Bertz CT molecular complexity index is 420. The maximum atomic E-state index is 12.2. The first kappa shape index (κ1) is 12.9. The van der Waals surface area contributed by atoms with Crippen molar-refractivity contribution in [3.63, 3.8) is 0 Å². The first-order chi connectivity index (χ1) is 8.72. The molecule has 0 saturated carbocycles. The summed E-state index contributed by atoms with van der Waals surface area (Å²) in [6.07, 6.45) is 0.533. The summed E-state index contributed by atoms with van der Waals surface area (Å²) in [6.45, 7) is 4.56. The third-order valence-corrected chi connectivity index (χ3v) is 3.18. The minimum atomic E-state index is 0.151. The fraction of sp³-hybridized carbons (Fsp3) is 0.500. The number of anilines is 1. The number of carbonyl (C=O) groups excluding carboxylic acids is 1. The highest BCUT2D eigenvalue weighted by atomic mass is 16.5. The molecule has 1 aromatic rings. The van der Waals surface area contributed by atoms with Crippen molar-refractivity contribution in [1.82, 2.24) is 5.32 Å². The maximum Gasteiger partial charge on any atom is 0.228 e. The van der Waals surface area contributed by atoms with E-state index in [1.54, 1.807) is 7.11 Å². The van der Waals surface area contributed by atoms with E-state index in [4.69, 9.17) is 4.74 Å². The van der Waals surface area contributed by atoms with E-state index < -0.39 is 0 Å². The number of hydrogen-bond donors (Lipinski definition) is 1. The summed E-state index contributed by atoms with van der Waals surface area (Å²) < 4.78 is 5.34. The van der Waals surface area contributed by atoms with E-state index in [0.717, 1.165) is 31.1 Å². The average molecular weight is 248 g/mol. The quantitative estimate of drug-likeness (QED) is 0.865. The first-order valence-electron chi connectivity index (χ1n) is 6.36. The van der Waals surface area contributed by atoms with Crippen LogP contribution in [-0.4, -0.2) is 32.7 Å². The summed E-state index contributed by atoms with van der Waals surface area (Å²) in [7, 11) is 1.64. The Labute approximate surface area is 108 Å². The van der Waals surface area contributed by atoms with Gasteiger partial charge in [0.2, 0.25) is 5.91 Å². The van der Waals surface area contributed by atoms with Gasteiger partial charge in [0.15, 0.2) is 0 Å². The van der Waals surface area contributed by atoms with E-state index in [0.29, 0.717) is 12.3 Å². The molecule has 0 bridgehead atoms. The van der Waals surface area contributed by atoms with Gasteiger partial charge < -0.3 is 15.0 Å². The standard InChI is InChI=1S/C14H20N2O2/c1-11-9-15-8-7-14(17)16(10-11)12-5-3-4-6-13(12)18-2/h3-6,11,15H,7-10H2,1-2H3. The highest BCUT2D eigenvalue weighted by Crippen LogP contribution is 2.29. The lowest BCUT2D eigenvalue weighted by Crippen LogP contribution is -2.42. The predicted molar refractivity (Wildman–Crippen MR) is 72.0 cm³/mol. The Morgan fingerprint density at radius 1 is 1.39 bits per heavy atom. The molecule has 1 N–H and O–H groups in total. The van der Waals surface area contributed by atoms with Crippen molar-refractivity contribution in [2.45, 2.75) is 13.3 Å². The van der Waals surface area contributed by atoms with E-state index in [-0.39, 0.29) is 5.91 Å². The van der Waals surface area contributed by atoms with Gasteiger partial charge in [-0.3, -0.25) is 4.79 Å². The van der Waals surface area contributed by atoms with Gasteiger partial charge in [-0.05, 0) is 24.6 Å². The molecule has 0 spiro atoms. The molecule has 4 heteroatoms.